The Labute approximate surface area is 115 Å². The van der Waals surface area contributed by atoms with E-state index in [1.807, 2.05) is 6.07 Å². The third-order valence-corrected chi connectivity index (χ3v) is 4.45. The average Bonchev–Trinajstić information content (AvgIpc) is 2.81. The average molecular weight is 284 g/mol. The van der Waals surface area contributed by atoms with Gasteiger partial charge in [0, 0.05) is 20.8 Å². The second-order valence-corrected chi connectivity index (χ2v) is 5.84. The van der Waals surface area contributed by atoms with Crippen LogP contribution < -0.4 is 5.73 Å². The zero-order valence-corrected chi connectivity index (χ0v) is 11.7. The predicted octanol–water partition coefficient (Wildman–Crippen LogP) is 4.35. The van der Waals surface area contributed by atoms with Crippen molar-refractivity contribution < 1.29 is 4.39 Å². The Bertz CT molecular complexity index is 538. The predicted molar refractivity (Wildman–Crippen MR) is 75.7 cm³/mol. The molecular formula is C14H15ClFNS. The minimum absolute atomic E-state index is 0.161. The Balaban J connectivity index is 2.13. The molecule has 96 valence electrons. The second-order valence-electron chi connectivity index (χ2n) is 4.20. The van der Waals surface area contributed by atoms with Crippen LogP contribution in [-0.2, 0) is 12.8 Å². The summed E-state index contributed by atoms with van der Waals surface area (Å²) in [4.78, 5) is 2.40. The van der Waals surface area contributed by atoms with Gasteiger partial charge in [-0.3, -0.25) is 0 Å². The summed E-state index contributed by atoms with van der Waals surface area (Å²) in [7, 11) is 0. The number of halogens is 2. The first kappa shape index (κ1) is 13.5. The molecule has 1 atom stereocenters. The van der Waals surface area contributed by atoms with Crippen LogP contribution in [0.3, 0.4) is 0 Å². The molecule has 0 radical (unpaired) electrons. The Morgan fingerprint density at radius 2 is 2.11 bits per heavy atom. The summed E-state index contributed by atoms with van der Waals surface area (Å²) < 4.78 is 13.7. The summed E-state index contributed by atoms with van der Waals surface area (Å²) in [6.07, 6.45) is 1.50. The molecule has 0 saturated carbocycles. The van der Waals surface area contributed by atoms with E-state index in [2.05, 4.69) is 13.0 Å². The first-order valence-electron chi connectivity index (χ1n) is 5.88. The van der Waals surface area contributed by atoms with Gasteiger partial charge >= 0.3 is 0 Å². The van der Waals surface area contributed by atoms with Gasteiger partial charge in [-0.15, -0.1) is 11.3 Å². The standard InChI is InChI=1S/C14H15ClFNS/c1-2-11-5-6-14(18-11)13(17)7-9-3-4-10(15)8-12(9)16/h3-6,8,13H,2,7,17H2,1H3. The van der Waals surface area contributed by atoms with E-state index in [-0.39, 0.29) is 11.9 Å². The molecule has 2 N–H and O–H groups in total. The minimum atomic E-state index is -0.287. The zero-order valence-electron chi connectivity index (χ0n) is 10.1. The number of nitrogens with two attached hydrogens (primary N) is 1. The SMILES string of the molecule is CCc1ccc(C(N)Cc2ccc(Cl)cc2F)s1. The van der Waals surface area contributed by atoms with Crippen LogP contribution in [0.1, 0.15) is 28.3 Å². The minimum Gasteiger partial charge on any atom is -0.323 e. The topological polar surface area (TPSA) is 26.0 Å². The molecule has 0 aliphatic carbocycles. The smallest absolute Gasteiger partial charge is 0.127 e. The highest BCUT2D eigenvalue weighted by atomic mass is 35.5. The van der Waals surface area contributed by atoms with Crippen LogP contribution in [0, 0.1) is 5.82 Å². The molecule has 0 aliphatic rings. The van der Waals surface area contributed by atoms with Gasteiger partial charge < -0.3 is 5.73 Å². The second kappa shape index (κ2) is 5.83. The van der Waals surface area contributed by atoms with Crippen molar-refractivity contribution in [2.24, 2.45) is 5.73 Å². The van der Waals surface area contributed by atoms with Crippen LogP contribution in [-0.4, -0.2) is 0 Å². The summed E-state index contributed by atoms with van der Waals surface area (Å²) in [6, 6.07) is 8.67. The van der Waals surface area contributed by atoms with Gasteiger partial charge in [0.05, 0.1) is 0 Å². The fourth-order valence-corrected chi connectivity index (χ4v) is 2.92. The lowest BCUT2D eigenvalue weighted by molar-refractivity contribution is 0.595. The van der Waals surface area contributed by atoms with E-state index in [0.717, 1.165) is 11.3 Å². The fourth-order valence-electron chi connectivity index (χ4n) is 1.81. The fraction of sp³-hybridized carbons (Fsp3) is 0.286. The van der Waals surface area contributed by atoms with Crippen molar-refractivity contribution in [2.75, 3.05) is 0 Å². The Hall–Kier alpha value is -0.900. The Kier molecular flexibility index (Phi) is 4.38. The number of aryl methyl sites for hydroxylation is 1. The molecule has 0 aliphatic heterocycles. The Morgan fingerprint density at radius 1 is 1.33 bits per heavy atom. The molecule has 0 fully saturated rings. The lowest BCUT2D eigenvalue weighted by Gasteiger charge is -2.10. The van der Waals surface area contributed by atoms with Crippen LogP contribution in [0.4, 0.5) is 4.39 Å². The first-order chi connectivity index (χ1) is 8.60. The maximum Gasteiger partial charge on any atom is 0.127 e. The van der Waals surface area contributed by atoms with Gasteiger partial charge in [-0.25, -0.2) is 4.39 Å². The maximum atomic E-state index is 13.7. The summed E-state index contributed by atoms with van der Waals surface area (Å²) in [5.74, 6) is -0.287. The van der Waals surface area contributed by atoms with Crippen LogP contribution in [0.5, 0.6) is 0 Å². The molecule has 0 spiro atoms. The Morgan fingerprint density at radius 3 is 2.72 bits per heavy atom. The highest BCUT2D eigenvalue weighted by Gasteiger charge is 2.12. The van der Waals surface area contributed by atoms with Crippen molar-refractivity contribution in [3.05, 3.63) is 56.5 Å². The van der Waals surface area contributed by atoms with Crippen molar-refractivity contribution in [2.45, 2.75) is 25.8 Å². The van der Waals surface area contributed by atoms with Gasteiger partial charge in [0.1, 0.15) is 5.82 Å². The first-order valence-corrected chi connectivity index (χ1v) is 7.07. The quantitative estimate of drug-likeness (QED) is 0.887. The molecule has 0 bridgehead atoms. The number of hydrogen-bond acceptors (Lipinski definition) is 2. The van der Waals surface area contributed by atoms with E-state index in [4.69, 9.17) is 17.3 Å². The number of thiophene rings is 1. The molecule has 4 heteroatoms. The van der Waals surface area contributed by atoms with Gasteiger partial charge in [-0.2, -0.15) is 0 Å². The highest BCUT2D eigenvalue weighted by Crippen LogP contribution is 2.26. The third-order valence-electron chi connectivity index (χ3n) is 2.85. The van der Waals surface area contributed by atoms with Crippen LogP contribution in [0.25, 0.3) is 0 Å². The molecule has 2 rings (SSSR count). The van der Waals surface area contributed by atoms with Gasteiger partial charge in [0.25, 0.3) is 0 Å². The summed E-state index contributed by atoms with van der Waals surface area (Å²) >= 11 is 7.42. The summed E-state index contributed by atoms with van der Waals surface area (Å²) in [6.45, 7) is 2.11. The lowest BCUT2D eigenvalue weighted by atomic mass is 10.0. The molecule has 1 nitrogen and oxygen atoms in total. The molecule has 1 heterocycles. The number of benzene rings is 1. The van der Waals surface area contributed by atoms with E-state index in [0.29, 0.717) is 17.0 Å². The summed E-state index contributed by atoms with van der Waals surface area (Å²) in [5.41, 5.74) is 6.72. The van der Waals surface area contributed by atoms with E-state index in [1.54, 1.807) is 23.5 Å². The van der Waals surface area contributed by atoms with Gasteiger partial charge in [0.15, 0.2) is 0 Å². The molecule has 1 unspecified atom stereocenters. The van der Waals surface area contributed by atoms with E-state index in [9.17, 15) is 4.39 Å². The summed E-state index contributed by atoms with van der Waals surface area (Å²) in [5, 5.41) is 0.411. The molecule has 0 saturated heterocycles. The van der Waals surface area contributed by atoms with Crippen molar-refractivity contribution in [1.82, 2.24) is 0 Å². The van der Waals surface area contributed by atoms with E-state index < -0.39 is 0 Å². The van der Waals surface area contributed by atoms with Crippen molar-refractivity contribution >= 4 is 22.9 Å². The van der Waals surface area contributed by atoms with Crippen molar-refractivity contribution in [1.29, 1.82) is 0 Å². The number of hydrogen-bond donors (Lipinski definition) is 1. The monoisotopic (exact) mass is 283 g/mol. The molecular weight excluding hydrogens is 269 g/mol. The highest BCUT2D eigenvalue weighted by molar-refractivity contribution is 7.12. The number of rotatable bonds is 4. The molecule has 18 heavy (non-hydrogen) atoms. The largest absolute Gasteiger partial charge is 0.323 e. The third kappa shape index (κ3) is 3.10. The molecule has 1 aromatic heterocycles. The molecule has 0 amide bonds. The normalized spacial score (nSPS) is 12.7. The van der Waals surface area contributed by atoms with Crippen LogP contribution in [0.15, 0.2) is 30.3 Å². The van der Waals surface area contributed by atoms with Gasteiger partial charge in [-0.1, -0.05) is 24.6 Å². The van der Waals surface area contributed by atoms with Crippen molar-refractivity contribution in [3.63, 3.8) is 0 Å². The van der Waals surface area contributed by atoms with Crippen LogP contribution in [0.2, 0.25) is 5.02 Å². The zero-order chi connectivity index (χ0) is 13.1. The maximum absolute atomic E-state index is 13.7. The van der Waals surface area contributed by atoms with E-state index >= 15 is 0 Å². The molecule has 2 aromatic rings. The van der Waals surface area contributed by atoms with Gasteiger partial charge in [-0.05, 0) is 42.7 Å². The lowest BCUT2D eigenvalue weighted by Crippen LogP contribution is -2.12. The molecule has 1 aromatic carbocycles. The van der Waals surface area contributed by atoms with Crippen LogP contribution >= 0.6 is 22.9 Å². The van der Waals surface area contributed by atoms with Crippen molar-refractivity contribution in [3.8, 4) is 0 Å². The van der Waals surface area contributed by atoms with Gasteiger partial charge in [0.2, 0.25) is 0 Å². The van der Waals surface area contributed by atoms with E-state index in [1.165, 1.54) is 10.9 Å².